The van der Waals surface area contributed by atoms with E-state index in [2.05, 4.69) is 0 Å². The third kappa shape index (κ3) is 4.46. The second-order valence-corrected chi connectivity index (χ2v) is 7.40. The van der Waals surface area contributed by atoms with Crippen LogP contribution in [0.5, 0.6) is 17.2 Å². The van der Waals surface area contributed by atoms with Gasteiger partial charge in [0.15, 0.2) is 5.58 Å². The number of phenols is 1. The van der Waals surface area contributed by atoms with Crippen LogP contribution in [0, 0.1) is 6.92 Å². The fourth-order valence-electron chi connectivity index (χ4n) is 3.09. The smallest absolute Gasteiger partial charge is 0.338 e. The Hall–Kier alpha value is -3.32. The van der Waals surface area contributed by atoms with Crippen molar-refractivity contribution in [2.45, 2.75) is 26.8 Å². The summed E-state index contributed by atoms with van der Waals surface area (Å²) in [6, 6.07) is 9.40. The largest absolute Gasteiger partial charge is 0.507 e. The second-order valence-electron chi connectivity index (χ2n) is 7.40. The molecule has 1 aromatic heterocycles. The molecule has 0 saturated heterocycles. The average molecular weight is 412 g/mol. The van der Waals surface area contributed by atoms with Crippen LogP contribution in [-0.2, 0) is 11.3 Å². The highest BCUT2D eigenvalue weighted by molar-refractivity contribution is 5.89. The predicted molar refractivity (Wildman–Crippen MR) is 112 cm³/mol. The summed E-state index contributed by atoms with van der Waals surface area (Å²) in [6.07, 6.45) is 0.749. The SMILES string of the molecule is CCCOC(=O)c1ccc(Oc2c(C)oc3c(C[NH+](C)C)c(O)ccc3c2=O)cc1. The standard InChI is InChI=1S/C23H25NO6/c1-5-12-28-23(27)15-6-8-16(9-7-15)30-21-14(2)29-22-17(20(21)26)10-11-19(25)18(22)13-24(3)4/h6-11,25H,5,12-13H2,1-4H3/p+1. The van der Waals surface area contributed by atoms with Crippen molar-refractivity contribution in [2.75, 3.05) is 20.7 Å². The third-order valence-electron chi connectivity index (χ3n) is 4.54. The number of phenolic OH excluding ortho intramolecular Hbond substituents is 1. The van der Waals surface area contributed by atoms with Gasteiger partial charge in [-0.25, -0.2) is 4.79 Å². The number of hydrogen-bond acceptors (Lipinski definition) is 6. The number of carbonyl (C=O) groups is 1. The first kappa shape index (κ1) is 21.4. The lowest BCUT2D eigenvalue weighted by Crippen LogP contribution is -3.04. The van der Waals surface area contributed by atoms with Crippen molar-refractivity contribution in [3.63, 3.8) is 0 Å². The van der Waals surface area contributed by atoms with Crippen LogP contribution in [0.2, 0.25) is 0 Å². The molecule has 0 radical (unpaired) electrons. The van der Waals surface area contributed by atoms with E-state index in [1.54, 1.807) is 31.2 Å². The number of nitrogens with one attached hydrogen (secondary N) is 1. The molecule has 0 spiro atoms. The molecule has 0 bridgehead atoms. The maximum Gasteiger partial charge on any atom is 0.338 e. The Balaban J connectivity index is 1.94. The van der Waals surface area contributed by atoms with E-state index >= 15 is 0 Å². The van der Waals surface area contributed by atoms with Crippen LogP contribution >= 0.6 is 0 Å². The van der Waals surface area contributed by atoms with Crippen molar-refractivity contribution in [3.8, 4) is 17.2 Å². The van der Waals surface area contributed by atoms with Crippen molar-refractivity contribution in [1.82, 2.24) is 0 Å². The molecule has 0 aliphatic rings. The Morgan fingerprint density at radius 3 is 2.47 bits per heavy atom. The molecule has 0 aliphatic heterocycles. The topological polar surface area (TPSA) is 90.4 Å². The van der Waals surface area contributed by atoms with Crippen LogP contribution in [0.1, 0.15) is 35.0 Å². The number of rotatable bonds is 7. The third-order valence-corrected chi connectivity index (χ3v) is 4.54. The molecule has 0 amide bonds. The van der Waals surface area contributed by atoms with Gasteiger partial charge in [-0.2, -0.15) is 0 Å². The summed E-state index contributed by atoms with van der Waals surface area (Å²) in [5.41, 5.74) is 1.02. The van der Waals surface area contributed by atoms with E-state index < -0.39 is 5.97 Å². The lowest BCUT2D eigenvalue weighted by molar-refractivity contribution is -0.872. The van der Waals surface area contributed by atoms with Gasteiger partial charge in [-0.15, -0.1) is 0 Å². The van der Waals surface area contributed by atoms with Gasteiger partial charge in [0.2, 0.25) is 11.2 Å². The maximum absolute atomic E-state index is 13.0. The molecule has 30 heavy (non-hydrogen) atoms. The van der Waals surface area contributed by atoms with E-state index in [-0.39, 0.29) is 16.9 Å². The van der Waals surface area contributed by atoms with E-state index in [4.69, 9.17) is 13.9 Å². The average Bonchev–Trinajstić information content (AvgIpc) is 2.71. The first-order valence-corrected chi connectivity index (χ1v) is 9.84. The Labute approximate surface area is 174 Å². The minimum atomic E-state index is -0.403. The molecule has 7 nitrogen and oxygen atoms in total. The number of aromatic hydroxyl groups is 1. The summed E-state index contributed by atoms with van der Waals surface area (Å²) < 4.78 is 16.8. The van der Waals surface area contributed by atoms with Crippen molar-refractivity contribution < 1.29 is 28.7 Å². The van der Waals surface area contributed by atoms with Crippen LogP contribution in [0.3, 0.4) is 0 Å². The molecule has 3 rings (SSSR count). The highest BCUT2D eigenvalue weighted by atomic mass is 16.5. The Kier molecular flexibility index (Phi) is 6.42. The van der Waals surface area contributed by atoms with Crippen LogP contribution in [-0.4, -0.2) is 31.8 Å². The van der Waals surface area contributed by atoms with Gasteiger partial charge in [0, 0.05) is 0 Å². The lowest BCUT2D eigenvalue weighted by atomic mass is 10.1. The Bertz CT molecular complexity index is 1120. The number of carbonyl (C=O) groups excluding carboxylic acids is 1. The summed E-state index contributed by atoms with van der Waals surface area (Å²) in [7, 11) is 3.89. The molecule has 2 aromatic carbocycles. The summed E-state index contributed by atoms with van der Waals surface area (Å²) in [4.78, 5) is 26.0. The normalized spacial score (nSPS) is 11.1. The summed E-state index contributed by atoms with van der Waals surface area (Å²) in [6.45, 7) is 4.43. The summed E-state index contributed by atoms with van der Waals surface area (Å²) in [5.74, 6) is 0.455. The van der Waals surface area contributed by atoms with Gasteiger partial charge in [-0.1, -0.05) is 6.92 Å². The molecule has 0 saturated carbocycles. The minimum absolute atomic E-state index is 0.0673. The highest BCUT2D eigenvalue weighted by Gasteiger charge is 2.20. The molecule has 158 valence electrons. The molecule has 3 aromatic rings. The molecule has 7 heteroatoms. The van der Waals surface area contributed by atoms with Crippen LogP contribution < -0.4 is 15.1 Å². The van der Waals surface area contributed by atoms with E-state index in [0.717, 1.165) is 11.3 Å². The molecule has 0 fully saturated rings. The highest BCUT2D eigenvalue weighted by Crippen LogP contribution is 2.30. The minimum Gasteiger partial charge on any atom is -0.507 e. The van der Waals surface area contributed by atoms with Gasteiger partial charge in [0.05, 0.1) is 37.2 Å². The number of hydrogen-bond donors (Lipinski definition) is 2. The van der Waals surface area contributed by atoms with Gasteiger partial charge in [0.25, 0.3) is 0 Å². The zero-order chi connectivity index (χ0) is 21.8. The summed E-state index contributed by atoms with van der Waals surface area (Å²) in [5, 5.41) is 10.6. The number of benzene rings is 2. The van der Waals surface area contributed by atoms with Crippen LogP contribution in [0.4, 0.5) is 0 Å². The number of fused-ring (bicyclic) bond motifs is 1. The Morgan fingerprint density at radius 2 is 1.83 bits per heavy atom. The lowest BCUT2D eigenvalue weighted by Gasteiger charge is -2.13. The first-order valence-electron chi connectivity index (χ1n) is 9.84. The molecule has 2 N–H and O–H groups in total. The zero-order valence-electron chi connectivity index (χ0n) is 17.6. The molecule has 0 atom stereocenters. The second kappa shape index (κ2) is 9.00. The van der Waals surface area contributed by atoms with Gasteiger partial charge in [0.1, 0.15) is 23.8 Å². The quantitative estimate of drug-likeness (QED) is 0.580. The van der Waals surface area contributed by atoms with E-state index in [9.17, 15) is 14.7 Å². The molecule has 0 unspecified atom stereocenters. The number of quaternary nitrogens is 1. The van der Waals surface area contributed by atoms with Crippen molar-refractivity contribution in [1.29, 1.82) is 0 Å². The number of ether oxygens (including phenoxy) is 2. The van der Waals surface area contributed by atoms with Crippen LogP contribution in [0.25, 0.3) is 11.0 Å². The van der Waals surface area contributed by atoms with Gasteiger partial charge >= 0.3 is 5.97 Å². The van der Waals surface area contributed by atoms with Crippen LogP contribution in [0.15, 0.2) is 45.6 Å². The predicted octanol–water partition coefficient (Wildman–Crippen LogP) is 2.81. The number of esters is 1. The molecule has 0 aliphatic carbocycles. The monoisotopic (exact) mass is 412 g/mol. The van der Waals surface area contributed by atoms with E-state index in [0.29, 0.717) is 46.8 Å². The van der Waals surface area contributed by atoms with Gasteiger partial charge in [-0.3, -0.25) is 4.79 Å². The van der Waals surface area contributed by atoms with Gasteiger partial charge in [-0.05, 0) is 49.7 Å². The van der Waals surface area contributed by atoms with E-state index in [1.807, 2.05) is 21.0 Å². The van der Waals surface area contributed by atoms with Crippen molar-refractivity contribution in [2.24, 2.45) is 0 Å². The molecular formula is C23H26NO6+. The van der Waals surface area contributed by atoms with E-state index in [1.165, 1.54) is 12.1 Å². The molecular weight excluding hydrogens is 386 g/mol. The Morgan fingerprint density at radius 1 is 1.13 bits per heavy atom. The maximum atomic E-state index is 13.0. The number of aryl methyl sites for hydroxylation is 1. The first-order chi connectivity index (χ1) is 14.3. The van der Waals surface area contributed by atoms with Crippen molar-refractivity contribution in [3.05, 3.63) is 63.5 Å². The molecule has 1 heterocycles. The van der Waals surface area contributed by atoms with Gasteiger partial charge < -0.3 is 23.9 Å². The fourth-order valence-corrected chi connectivity index (χ4v) is 3.09. The zero-order valence-corrected chi connectivity index (χ0v) is 17.6. The summed E-state index contributed by atoms with van der Waals surface area (Å²) >= 11 is 0. The fraction of sp³-hybridized carbons (Fsp3) is 0.304. The van der Waals surface area contributed by atoms with Crippen molar-refractivity contribution >= 4 is 16.9 Å².